The molecule has 22 heavy (non-hydrogen) atoms. The maximum atomic E-state index is 12.8. The molecule has 1 saturated carbocycles. The van der Waals surface area contributed by atoms with Crippen molar-refractivity contribution in [2.24, 2.45) is 0 Å². The molecule has 1 aliphatic heterocycles. The molecule has 0 spiro atoms. The molecule has 1 aliphatic carbocycles. The van der Waals surface area contributed by atoms with Crippen LogP contribution in [0.15, 0.2) is 35.7 Å². The lowest BCUT2D eigenvalue weighted by atomic mass is 10.1. The van der Waals surface area contributed by atoms with Gasteiger partial charge in [0.1, 0.15) is 10.7 Å². The van der Waals surface area contributed by atoms with Crippen LogP contribution in [-0.2, 0) is 4.74 Å². The molecule has 1 aromatic heterocycles. The summed E-state index contributed by atoms with van der Waals surface area (Å²) in [5.74, 6) is 0.0543. The summed E-state index contributed by atoms with van der Waals surface area (Å²) in [4.78, 5) is 19.3. The fourth-order valence-electron chi connectivity index (χ4n) is 3.41. The van der Waals surface area contributed by atoms with Gasteiger partial charge in [0.15, 0.2) is 0 Å². The number of amides is 1. The molecule has 0 bridgehead atoms. The third kappa shape index (κ3) is 2.44. The molecule has 2 heterocycles. The highest BCUT2D eigenvalue weighted by molar-refractivity contribution is 7.13. The number of carbonyl (C=O) groups is 1. The molecular formula is C17H18N2O2S. The van der Waals surface area contributed by atoms with E-state index in [1.54, 1.807) is 0 Å². The summed E-state index contributed by atoms with van der Waals surface area (Å²) in [6, 6.07) is 10.2. The predicted octanol–water partition coefficient (Wildman–Crippen LogP) is 3.20. The number of fused-ring (bicyclic) bond motifs is 1. The maximum absolute atomic E-state index is 12.8. The summed E-state index contributed by atoms with van der Waals surface area (Å²) in [6.45, 7) is 1.32. The van der Waals surface area contributed by atoms with E-state index >= 15 is 0 Å². The van der Waals surface area contributed by atoms with Crippen LogP contribution in [0.2, 0.25) is 0 Å². The minimum absolute atomic E-state index is 0.0543. The van der Waals surface area contributed by atoms with Gasteiger partial charge in [0.25, 0.3) is 5.91 Å². The Morgan fingerprint density at radius 2 is 2.14 bits per heavy atom. The van der Waals surface area contributed by atoms with E-state index in [1.165, 1.54) is 11.3 Å². The topological polar surface area (TPSA) is 42.4 Å². The van der Waals surface area contributed by atoms with Crippen LogP contribution in [-0.4, -0.2) is 41.1 Å². The Balaban J connectivity index is 1.57. The summed E-state index contributed by atoms with van der Waals surface area (Å²) in [6.07, 6.45) is 3.49. The van der Waals surface area contributed by atoms with Gasteiger partial charge in [-0.3, -0.25) is 4.79 Å². The minimum atomic E-state index is 0.0543. The molecule has 0 N–H and O–H groups in total. The smallest absolute Gasteiger partial charge is 0.273 e. The van der Waals surface area contributed by atoms with Crippen molar-refractivity contribution in [3.05, 3.63) is 41.4 Å². The Hall–Kier alpha value is -1.72. The van der Waals surface area contributed by atoms with Crippen molar-refractivity contribution in [1.29, 1.82) is 0 Å². The Kier molecular flexibility index (Phi) is 3.68. The van der Waals surface area contributed by atoms with Crippen LogP contribution >= 0.6 is 11.3 Å². The van der Waals surface area contributed by atoms with Crippen molar-refractivity contribution in [2.75, 3.05) is 13.2 Å². The number of hydrogen-bond donors (Lipinski definition) is 0. The predicted molar refractivity (Wildman–Crippen MR) is 86.0 cm³/mol. The molecule has 4 rings (SSSR count). The minimum Gasteiger partial charge on any atom is -0.374 e. The van der Waals surface area contributed by atoms with Gasteiger partial charge in [0.2, 0.25) is 0 Å². The van der Waals surface area contributed by atoms with Gasteiger partial charge in [0, 0.05) is 17.5 Å². The highest BCUT2D eigenvalue weighted by atomic mass is 32.1. The second kappa shape index (κ2) is 5.82. The van der Waals surface area contributed by atoms with Crippen molar-refractivity contribution in [2.45, 2.75) is 31.4 Å². The zero-order valence-electron chi connectivity index (χ0n) is 12.3. The summed E-state index contributed by atoms with van der Waals surface area (Å²) >= 11 is 1.53. The zero-order valence-corrected chi connectivity index (χ0v) is 13.1. The van der Waals surface area contributed by atoms with E-state index in [9.17, 15) is 4.79 Å². The molecule has 1 amide bonds. The quantitative estimate of drug-likeness (QED) is 0.855. The van der Waals surface area contributed by atoms with Crippen LogP contribution in [0.5, 0.6) is 0 Å². The molecule has 114 valence electrons. The molecule has 1 aromatic carbocycles. The number of nitrogens with zero attached hydrogens (tertiary/aromatic N) is 2. The van der Waals surface area contributed by atoms with E-state index in [2.05, 4.69) is 4.98 Å². The van der Waals surface area contributed by atoms with Crippen LogP contribution in [0.3, 0.4) is 0 Å². The summed E-state index contributed by atoms with van der Waals surface area (Å²) in [5, 5.41) is 2.78. The molecule has 1 saturated heterocycles. The third-order valence-corrected chi connectivity index (χ3v) is 5.38. The van der Waals surface area contributed by atoms with Crippen molar-refractivity contribution >= 4 is 17.2 Å². The number of benzene rings is 1. The second-order valence-corrected chi connectivity index (χ2v) is 6.67. The summed E-state index contributed by atoms with van der Waals surface area (Å²) in [7, 11) is 0. The fourth-order valence-corrected chi connectivity index (χ4v) is 4.21. The highest BCUT2D eigenvalue weighted by Crippen LogP contribution is 2.31. The monoisotopic (exact) mass is 314 g/mol. The Bertz CT molecular complexity index is 670. The van der Waals surface area contributed by atoms with E-state index in [0.29, 0.717) is 18.8 Å². The fraction of sp³-hybridized carbons (Fsp3) is 0.412. The van der Waals surface area contributed by atoms with E-state index in [0.717, 1.165) is 29.8 Å². The number of carbonyl (C=O) groups excluding carboxylic acids is 1. The van der Waals surface area contributed by atoms with Gasteiger partial charge in [-0.15, -0.1) is 11.3 Å². The molecule has 0 unspecified atom stereocenters. The average molecular weight is 314 g/mol. The van der Waals surface area contributed by atoms with Crippen molar-refractivity contribution in [3.63, 3.8) is 0 Å². The molecule has 2 aromatic rings. The normalized spacial score (nSPS) is 24.3. The van der Waals surface area contributed by atoms with Gasteiger partial charge in [-0.25, -0.2) is 4.98 Å². The first-order valence-electron chi connectivity index (χ1n) is 7.76. The van der Waals surface area contributed by atoms with E-state index in [1.807, 2.05) is 40.6 Å². The summed E-state index contributed by atoms with van der Waals surface area (Å²) in [5.41, 5.74) is 1.63. The number of aromatic nitrogens is 1. The van der Waals surface area contributed by atoms with Crippen LogP contribution in [0.1, 0.15) is 29.8 Å². The van der Waals surface area contributed by atoms with Crippen LogP contribution in [0.4, 0.5) is 0 Å². The first-order valence-corrected chi connectivity index (χ1v) is 8.64. The van der Waals surface area contributed by atoms with Gasteiger partial charge in [-0.1, -0.05) is 30.3 Å². The molecule has 0 radical (unpaired) electrons. The Morgan fingerprint density at radius 1 is 1.27 bits per heavy atom. The SMILES string of the molecule is O=C(c1csc(-c2ccccc2)n1)N1CCO[C@@H]2CCC[C@@H]21. The van der Waals surface area contributed by atoms with Crippen LogP contribution in [0.25, 0.3) is 10.6 Å². The van der Waals surface area contributed by atoms with Gasteiger partial charge in [-0.2, -0.15) is 0 Å². The lowest BCUT2D eigenvalue weighted by molar-refractivity contribution is -0.0447. The van der Waals surface area contributed by atoms with Gasteiger partial charge < -0.3 is 9.64 Å². The lowest BCUT2D eigenvalue weighted by Crippen LogP contribution is -2.51. The van der Waals surface area contributed by atoms with E-state index in [4.69, 9.17) is 4.74 Å². The Morgan fingerprint density at radius 3 is 3.00 bits per heavy atom. The largest absolute Gasteiger partial charge is 0.374 e. The molecule has 2 fully saturated rings. The number of rotatable bonds is 2. The summed E-state index contributed by atoms with van der Waals surface area (Å²) < 4.78 is 5.78. The van der Waals surface area contributed by atoms with Gasteiger partial charge in [0.05, 0.1) is 18.8 Å². The van der Waals surface area contributed by atoms with Crippen molar-refractivity contribution in [3.8, 4) is 10.6 Å². The van der Waals surface area contributed by atoms with Crippen LogP contribution < -0.4 is 0 Å². The average Bonchev–Trinajstić information content (AvgIpc) is 3.24. The van der Waals surface area contributed by atoms with Gasteiger partial charge in [-0.05, 0) is 19.3 Å². The number of ether oxygens (including phenoxy) is 1. The Labute approximate surface area is 133 Å². The van der Waals surface area contributed by atoms with Crippen LogP contribution in [0, 0.1) is 0 Å². The van der Waals surface area contributed by atoms with Gasteiger partial charge >= 0.3 is 0 Å². The van der Waals surface area contributed by atoms with E-state index < -0.39 is 0 Å². The first kappa shape index (κ1) is 13.9. The standard InChI is InChI=1S/C17H18N2O2S/c20-17(19-9-10-21-15-8-4-7-14(15)19)13-11-22-16(18-13)12-5-2-1-3-6-12/h1-3,5-6,11,14-15H,4,7-10H2/t14-,15+/m0/s1. The zero-order chi connectivity index (χ0) is 14.9. The first-order chi connectivity index (χ1) is 10.8. The lowest BCUT2D eigenvalue weighted by Gasteiger charge is -2.37. The maximum Gasteiger partial charge on any atom is 0.273 e. The van der Waals surface area contributed by atoms with Crippen molar-refractivity contribution in [1.82, 2.24) is 9.88 Å². The molecule has 2 aliphatic rings. The molecular weight excluding hydrogens is 296 g/mol. The molecule has 4 nitrogen and oxygen atoms in total. The van der Waals surface area contributed by atoms with Crippen molar-refractivity contribution < 1.29 is 9.53 Å². The highest BCUT2D eigenvalue weighted by Gasteiger charge is 2.39. The second-order valence-electron chi connectivity index (χ2n) is 5.81. The molecule has 5 heteroatoms. The van der Waals surface area contributed by atoms with E-state index in [-0.39, 0.29) is 18.1 Å². The number of morpholine rings is 1. The third-order valence-electron chi connectivity index (χ3n) is 4.49. The number of hydrogen-bond acceptors (Lipinski definition) is 4. The molecule has 2 atom stereocenters. The number of thiazole rings is 1.